The van der Waals surface area contributed by atoms with Crippen LogP contribution >= 0.6 is 11.3 Å². The molecule has 1 spiro atoms. The van der Waals surface area contributed by atoms with Gasteiger partial charge in [0.15, 0.2) is 0 Å². The van der Waals surface area contributed by atoms with E-state index in [1.54, 1.807) is 0 Å². The van der Waals surface area contributed by atoms with Crippen molar-refractivity contribution in [2.24, 2.45) is 11.8 Å². The van der Waals surface area contributed by atoms with E-state index in [-0.39, 0.29) is 17.9 Å². The Kier molecular flexibility index (Phi) is 4.11. The molecule has 134 valence electrons. The Bertz CT molecular complexity index is 733. The van der Waals surface area contributed by atoms with Gasteiger partial charge in [-0.25, -0.2) is 0 Å². The van der Waals surface area contributed by atoms with E-state index in [9.17, 15) is 9.59 Å². The lowest BCUT2D eigenvalue weighted by molar-refractivity contribution is -0.137. The molecule has 2 saturated heterocycles. The highest BCUT2D eigenvalue weighted by Crippen LogP contribution is 2.51. The third-order valence-electron chi connectivity index (χ3n) is 5.20. The molecule has 1 aromatic rings. The Labute approximate surface area is 150 Å². The quantitative estimate of drug-likeness (QED) is 0.761. The van der Waals surface area contributed by atoms with Gasteiger partial charge in [0.1, 0.15) is 15.6 Å². The minimum Gasteiger partial charge on any atom is -0.360 e. The Hall–Kier alpha value is -1.80. The van der Waals surface area contributed by atoms with Crippen molar-refractivity contribution in [1.29, 1.82) is 0 Å². The van der Waals surface area contributed by atoms with E-state index in [2.05, 4.69) is 15.5 Å². The standard InChI is InChI=1S/C17H22N4O3S/c1-3-7-21-9-17-6-5-10(24-17)13(14(17)16(21)23)15(22)18-8-12-20-19-11(4-2)25-12/h5-6,10,13-14H,3-4,7-9H2,1-2H3,(H,18,22)/t10-,13-,14+,17-/m1/s1. The summed E-state index contributed by atoms with van der Waals surface area (Å²) in [6.07, 6.45) is 5.34. The predicted molar refractivity (Wildman–Crippen MR) is 91.7 cm³/mol. The number of fused-ring (bicyclic) bond motifs is 1. The van der Waals surface area contributed by atoms with Crippen LogP contribution in [-0.4, -0.2) is 51.7 Å². The maximum absolute atomic E-state index is 12.8. The second-order valence-electron chi connectivity index (χ2n) is 6.82. The highest BCUT2D eigenvalue weighted by atomic mass is 32.1. The Balaban J connectivity index is 1.47. The van der Waals surface area contributed by atoms with E-state index in [4.69, 9.17) is 4.74 Å². The molecular weight excluding hydrogens is 340 g/mol. The topological polar surface area (TPSA) is 84.4 Å². The number of aryl methyl sites for hydroxylation is 1. The molecule has 0 saturated carbocycles. The van der Waals surface area contributed by atoms with Crippen molar-refractivity contribution in [3.8, 4) is 0 Å². The molecule has 3 aliphatic rings. The van der Waals surface area contributed by atoms with E-state index >= 15 is 0 Å². The van der Waals surface area contributed by atoms with E-state index in [0.717, 1.165) is 22.9 Å². The lowest BCUT2D eigenvalue weighted by Gasteiger charge is -2.23. The molecule has 7 nitrogen and oxygen atoms in total. The number of hydrogen-bond acceptors (Lipinski definition) is 6. The molecule has 1 N–H and O–H groups in total. The fourth-order valence-electron chi connectivity index (χ4n) is 4.12. The van der Waals surface area contributed by atoms with Gasteiger partial charge in [-0.05, 0) is 12.8 Å². The maximum atomic E-state index is 12.8. The van der Waals surface area contributed by atoms with Crippen LogP contribution in [0.2, 0.25) is 0 Å². The molecule has 2 amide bonds. The van der Waals surface area contributed by atoms with Crippen LogP contribution in [0, 0.1) is 11.8 Å². The molecular formula is C17H22N4O3S. The molecule has 0 aliphatic carbocycles. The summed E-state index contributed by atoms with van der Waals surface area (Å²) in [5.74, 6) is -0.966. The number of nitrogens with one attached hydrogen (secondary N) is 1. The largest absolute Gasteiger partial charge is 0.360 e. The van der Waals surface area contributed by atoms with Gasteiger partial charge < -0.3 is 15.0 Å². The van der Waals surface area contributed by atoms with E-state index in [1.165, 1.54) is 11.3 Å². The summed E-state index contributed by atoms with van der Waals surface area (Å²) in [7, 11) is 0. The molecule has 2 bridgehead atoms. The van der Waals surface area contributed by atoms with Gasteiger partial charge in [-0.2, -0.15) is 0 Å². The van der Waals surface area contributed by atoms with Crippen molar-refractivity contribution in [2.45, 2.75) is 44.9 Å². The van der Waals surface area contributed by atoms with Crippen LogP contribution in [0.15, 0.2) is 12.2 Å². The lowest BCUT2D eigenvalue weighted by atomic mass is 9.77. The first kappa shape index (κ1) is 16.7. The third-order valence-corrected chi connectivity index (χ3v) is 6.27. The van der Waals surface area contributed by atoms with Crippen LogP contribution in [0.1, 0.15) is 30.3 Å². The summed E-state index contributed by atoms with van der Waals surface area (Å²) in [6.45, 7) is 5.67. The van der Waals surface area contributed by atoms with E-state index in [1.807, 2.05) is 30.9 Å². The highest BCUT2D eigenvalue weighted by molar-refractivity contribution is 7.11. The summed E-state index contributed by atoms with van der Waals surface area (Å²) in [4.78, 5) is 27.4. The summed E-state index contributed by atoms with van der Waals surface area (Å²) < 4.78 is 6.08. The SMILES string of the molecule is CCCN1C[C@@]23C=C[C@@H](O2)[C@@H](C(=O)NCc2nnc(CC)s2)[C@H]3C1=O. The van der Waals surface area contributed by atoms with Gasteiger partial charge in [-0.15, -0.1) is 10.2 Å². The predicted octanol–water partition coefficient (Wildman–Crippen LogP) is 0.909. The number of rotatable bonds is 6. The number of amides is 2. The zero-order valence-corrected chi connectivity index (χ0v) is 15.2. The van der Waals surface area contributed by atoms with Crippen molar-refractivity contribution in [3.63, 3.8) is 0 Å². The number of carbonyl (C=O) groups excluding carboxylic acids is 2. The highest BCUT2D eigenvalue weighted by Gasteiger charge is 2.66. The molecule has 0 unspecified atom stereocenters. The third kappa shape index (κ3) is 2.58. The zero-order chi connectivity index (χ0) is 17.6. The maximum Gasteiger partial charge on any atom is 0.230 e. The van der Waals surface area contributed by atoms with Gasteiger partial charge in [0.2, 0.25) is 11.8 Å². The molecule has 25 heavy (non-hydrogen) atoms. The van der Waals surface area contributed by atoms with Crippen molar-refractivity contribution < 1.29 is 14.3 Å². The molecule has 1 aromatic heterocycles. The van der Waals surface area contributed by atoms with Gasteiger partial charge in [0.05, 0.1) is 31.0 Å². The molecule has 0 aromatic carbocycles. The number of likely N-dealkylation sites (tertiary alicyclic amines) is 1. The van der Waals surface area contributed by atoms with Crippen LogP contribution in [-0.2, 0) is 27.3 Å². The smallest absolute Gasteiger partial charge is 0.230 e. The van der Waals surface area contributed by atoms with Crippen molar-refractivity contribution in [1.82, 2.24) is 20.4 Å². The molecule has 8 heteroatoms. The van der Waals surface area contributed by atoms with Crippen LogP contribution in [0.5, 0.6) is 0 Å². The molecule has 0 radical (unpaired) electrons. The van der Waals surface area contributed by atoms with Crippen molar-refractivity contribution in [3.05, 3.63) is 22.2 Å². The first-order valence-corrected chi connectivity index (χ1v) is 9.64. The van der Waals surface area contributed by atoms with Gasteiger partial charge in [-0.1, -0.05) is 37.3 Å². The average Bonchev–Trinajstić information content (AvgIpc) is 3.34. The van der Waals surface area contributed by atoms with E-state index < -0.39 is 17.4 Å². The monoisotopic (exact) mass is 362 g/mol. The molecule has 4 rings (SSSR count). The first-order chi connectivity index (χ1) is 12.1. The zero-order valence-electron chi connectivity index (χ0n) is 14.4. The minimum atomic E-state index is -0.614. The molecule has 4 heterocycles. The molecule has 3 aliphatic heterocycles. The number of carbonyl (C=O) groups is 2. The summed E-state index contributed by atoms with van der Waals surface area (Å²) in [6, 6.07) is 0. The lowest BCUT2D eigenvalue weighted by Crippen LogP contribution is -2.44. The number of ether oxygens (including phenoxy) is 1. The Morgan fingerprint density at radius 1 is 1.44 bits per heavy atom. The first-order valence-electron chi connectivity index (χ1n) is 8.83. The van der Waals surface area contributed by atoms with E-state index in [0.29, 0.717) is 19.6 Å². The summed E-state index contributed by atoms with van der Waals surface area (Å²) >= 11 is 1.50. The van der Waals surface area contributed by atoms with Gasteiger partial charge in [0, 0.05) is 6.54 Å². The van der Waals surface area contributed by atoms with Crippen LogP contribution in [0.25, 0.3) is 0 Å². The normalized spacial score (nSPS) is 32.5. The number of hydrogen-bond donors (Lipinski definition) is 1. The van der Waals surface area contributed by atoms with Gasteiger partial charge in [-0.3, -0.25) is 9.59 Å². The van der Waals surface area contributed by atoms with Crippen LogP contribution in [0.4, 0.5) is 0 Å². The van der Waals surface area contributed by atoms with Gasteiger partial charge >= 0.3 is 0 Å². The fourth-order valence-corrected chi connectivity index (χ4v) is 4.84. The van der Waals surface area contributed by atoms with Crippen molar-refractivity contribution >= 4 is 23.2 Å². The fraction of sp³-hybridized carbons (Fsp3) is 0.647. The van der Waals surface area contributed by atoms with Gasteiger partial charge in [0.25, 0.3) is 0 Å². The van der Waals surface area contributed by atoms with Crippen molar-refractivity contribution in [2.75, 3.05) is 13.1 Å². The summed E-state index contributed by atoms with van der Waals surface area (Å²) in [5, 5.41) is 12.8. The Morgan fingerprint density at radius 2 is 2.24 bits per heavy atom. The second-order valence-corrected chi connectivity index (χ2v) is 7.97. The van der Waals surface area contributed by atoms with Crippen LogP contribution < -0.4 is 5.32 Å². The summed E-state index contributed by atoms with van der Waals surface area (Å²) in [5.41, 5.74) is -0.614. The minimum absolute atomic E-state index is 0.0398. The number of aromatic nitrogens is 2. The Morgan fingerprint density at radius 3 is 2.96 bits per heavy atom. The molecule has 4 atom stereocenters. The number of nitrogens with zero attached hydrogens (tertiary/aromatic N) is 3. The average molecular weight is 362 g/mol. The molecule has 2 fully saturated rings. The second kappa shape index (κ2) is 6.17. The van der Waals surface area contributed by atoms with Crippen LogP contribution in [0.3, 0.4) is 0 Å².